The molecule has 0 N–H and O–H groups in total. The number of imidazole rings is 1. The van der Waals surface area contributed by atoms with E-state index in [2.05, 4.69) is 32.8 Å². The summed E-state index contributed by atoms with van der Waals surface area (Å²) in [6, 6.07) is 7.97. The van der Waals surface area contributed by atoms with Crippen LogP contribution in [-0.2, 0) is 0 Å². The third kappa shape index (κ3) is 2.67. The van der Waals surface area contributed by atoms with Gasteiger partial charge in [-0.2, -0.15) is 0 Å². The Balaban J connectivity index is 1.90. The highest BCUT2D eigenvalue weighted by atomic mass is 79.9. The lowest BCUT2D eigenvalue weighted by molar-refractivity contribution is 0.317. The zero-order chi connectivity index (χ0) is 13.9. The summed E-state index contributed by atoms with van der Waals surface area (Å²) in [5, 5.41) is 0. The van der Waals surface area contributed by atoms with Gasteiger partial charge in [-0.25, -0.2) is 9.97 Å². The number of ether oxygens (including phenoxy) is 1. The minimum absolute atomic E-state index is 0.689. The van der Waals surface area contributed by atoms with Crippen LogP contribution in [0.1, 0.15) is 13.3 Å². The molecule has 2 aromatic heterocycles. The smallest absolute Gasteiger partial charge is 0.234 e. The Morgan fingerprint density at radius 3 is 2.75 bits per heavy atom. The molecule has 3 aromatic rings. The van der Waals surface area contributed by atoms with Crippen molar-refractivity contribution in [2.75, 3.05) is 6.61 Å². The van der Waals surface area contributed by atoms with Gasteiger partial charge in [0.25, 0.3) is 0 Å². The Morgan fingerprint density at radius 1 is 1.20 bits per heavy atom. The van der Waals surface area contributed by atoms with Crippen molar-refractivity contribution in [3.63, 3.8) is 0 Å². The van der Waals surface area contributed by atoms with Crippen LogP contribution in [0.15, 0.2) is 47.3 Å². The summed E-state index contributed by atoms with van der Waals surface area (Å²) in [6.07, 6.45) is 6.66. The third-order valence-electron chi connectivity index (χ3n) is 2.90. The molecule has 0 radical (unpaired) electrons. The lowest BCUT2D eigenvalue weighted by Gasteiger charge is -2.04. The van der Waals surface area contributed by atoms with E-state index in [1.54, 1.807) is 6.20 Å². The Hall–Kier alpha value is -1.88. The number of nitrogens with zero attached hydrogens (tertiary/aromatic N) is 3. The second kappa shape index (κ2) is 5.63. The highest BCUT2D eigenvalue weighted by Crippen LogP contribution is 2.22. The van der Waals surface area contributed by atoms with Gasteiger partial charge in [0.05, 0.1) is 16.8 Å². The van der Waals surface area contributed by atoms with E-state index in [-0.39, 0.29) is 0 Å². The standard InChI is InChI=1S/C15H14BrN3O/c1-2-7-20-13-5-3-11(4-6-13)14-10-19-9-12(16)8-17-15(19)18-14/h3-6,8-10H,2,7H2,1H3. The van der Waals surface area contributed by atoms with Crippen molar-refractivity contribution in [2.24, 2.45) is 0 Å². The summed E-state index contributed by atoms with van der Waals surface area (Å²) < 4.78 is 8.41. The summed E-state index contributed by atoms with van der Waals surface area (Å²) in [7, 11) is 0. The molecule has 1 aromatic carbocycles. The van der Waals surface area contributed by atoms with Crippen LogP contribution in [0.25, 0.3) is 17.0 Å². The molecule has 0 saturated carbocycles. The molecule has 20 heavy (non-hydrogen) atoms. The molecule has 3 rings (SSSR count). The molecule has 0 aliphatic heterocycles. The van der Waals surface area contributed by atoms with Gasteiger partial charge in [-0.05, 0) is 46.6 Å². The SMILES string of the molecule is CCCOc1ccc(-c2cn3cc(Br)cnc3n2)cc1. The van der Waals surface area contributed by atoms with Crippen molar-refractivity contribution >= 4 is 21.7 Å². The third-order valence-corrected chi connectivity index (χ3v) is 3.31. The number of fused-ring (bicyclic) bond motifs is 1. The van der Waals surface area contributed by atoms with Gasteiger partial charge in [0.1, 0.15) is 5.75 Å². The maximum Gasteiger partial charge on any atom is 0.234 e. The lowest BCUT2D eigenvalue weighted by Crippen LogP contribution is -1.94. The number of hydrogen-bond acceptors (Lipinski definition) is 3. The first-order valence-corrected chi connectivity index (χ1v) is 7.29. The van der Waals surface area contributed by atoms with E-state index < -0.39 is 0 Å². The molecule has 0 atom stereocenters. The van der Waals surface area contributed by atoms with Crippen molar-refractivity contribution in [3.8, 4) is 17.0 Å². The summed E-state index contributed by atoms with van der Waals surface area (Å²) in [4.78, 5) is 8.77. The number of benzene rings is 1. The zero-order valence-electron chi connectivity index (χ0n) is 11.1. The van der Waals surface area contributed by atoms with Crippen LogP contribution in [0.4, 0.5) is 0 Å². The van der Waals surface area contributed by atoms with Crippen LogP contribution < -0.4 is 4.74 Å². The number of aromatic nitrogens is 3. The molecule has 5 heteroatoms. The first-order chi connectivity index (χ1) is 9.76. The highest BCUT2D eigenvalue weighted by Gasteiger charge is 2.05. The van der Waals surface area contributed by atoms with E-state index in [1.165, 1.54) is 0 Å². The van der Waals surface area contributed by atoms with Gasteiger partial charge in [0.2, 0.25) is 5.78 Å². The zero-order valence-corrected chi connectivity index (χ0v) is 12.7. The van der Waals surface area contributed by atoms with Crippen molar-refractivity contribution < 1.29 is 4.74 Å². The predicted octanol–water partition coefficient (Wildman–Crippen LogP) is 3.95. The van der Waals surface area contributed by atoms with E-state index >= 15 is 0 Å². The topological polar surface area (TPSA) is 39.4 Å². The van der Waals surface area contributed by atoms with E-state index in [0.717, 1.165) is 34.5 Å². The maximum absolute atomic E-state index is 5.58. The summed E-state index contributed by atoms with van der Waals surface area (Å²) in [6.45, 7) is 2.84. The van der Waals surface area contributed by atoms with Crippen LogP contribution in [0, 0.1) is 0 Å². The van der Waals surface area contributed by atoms with Gasteiger partial charge in [-0.15, -0.1) is 0 Å². The minimum atomic E-state index is 0.689. The first-order valence-electron chi connectivity index (χ1n) is 6.50. The normalized spacial score (nSPS) is 10.9. The molecule has 0 unspecified atom stereocenters. The molecule has 0 saturated heterocycles. The minimum Gasteiger partial charge on any atom is -0.494 e. The molecule has 0 aliphatic carbocycles. The van der Waals surface area contributed by atoms with Crippen LogP contribution >= 0.6 is 15.9 Å². The lowest BCUT2D eigenvalue weighted by atomic mass is 10.2. The van der Waals surface area contributed by atoms with Gasteiger partial charge in [-0.3, -0.25) is 4.40 Å². The van der Waals surface area contributed by atoms with Gasteiger partial charge < -0.3 is 4.74 Å². The molecule has 0 bridgehead atoms. The largest absolute Gasteiger partial charge is 0.494 e. The number of halogens is 1. The van der Waals surface area contributed by atoms with Crippen molar-refractivity contribution in [3.05, 3.63) is 47.3 Å². The maximum atomic E-state index is 5.58. The molecule has 0 fully saturated rings. The van der Waals surface area contributed by atoms with E-state index in [0.29, 0.717) is 5.78 Å². The second-order valence-electron chi connectivity index (χ2n) is 4.48. The Kier molecular flexibility index (Phi) is 3.69. The highest BCUT2D eigenvalue weighted by molar-refractivity contribution is 9.10. The van der Waals surface area contributed by atoms with Gasteiger partial charge in [0.15, 0.2) is 0 Å². The Morgan fingerprint density at radius 2 is 2.00 bits per heavy atom. The summed E-state index contributed by atoms with van der Waals surface area (Å²) >= 11 is 3.40. The fourth-order valence-electron chi connectivity index (χ4n) is 1.94. The summed E-state index contributed by atoms with van der Waals surface area (Å²) in [5.41, 5.74) is 1.95. The molecule has 0 spiro atoms. The van der Waals surface area contributed by atoms with E-state index in [4.69, 9.17) is 4.74 Å². The fourth-order valence-corrected chi connectivity index (χ4v) is 2.26. The molecule has 0 aliphatic rings. The first kappa shape index (κ1) is 13.1. The average Bonchev–Trinajstić information content (AvgIpc) is 2.88. The van der Waals surface area contributed by atoms with Crippen LogP contribution in [0.2, 0.25) is 0 Å². The van der Waals surface area contributed by atoms with Gasteiger partial charge >= 0.3 is 0 Å². The predicted molar refractivity (Wildman–Crippen MR) is 81.9 cm³/mol. The van der Waals surface area contributed by atoms with Gasteiger partial charge in [0, 0.05) is 24.2 Å². The van der Waals surface area contributed by atoms with Crippen molar-refractivity contribution in [1.29, 1.82) is 0 Å². The number of rotatable bonds is 4. The van der Waals surface area contributed by atoms with Crippen LogP contribution in [0.3, 0.4) is 0 Å². The quantitative estimate of drug-likeness (QED) is 0.726. The number of hydrogen-bond donors (Lipinski definition) is 0. The molecule has 102 valence electrons. The average molecular weight is 332 g/mol. The van der Waals surface area contributed by atoms with E-state index in [9.17, 15) is 0 Å². The molecule has 2 heterocycles. The van der Waals surface area contributed by atoms with Gasteiger partial charge in [-0.1, -0.05) is 6.92 Å². The Labute approximate surface area is 125 Å². The molecule has 0 amide bonds. The molecular weight excluding hydrogens is 318 g/mol. The second-order valence-corrected chi connectivity index (χ2v) is 5.39. The summed E-state index contributed by atoms with van der Waals surface area (Å²) in [5.74, 6) is 1.58. The van der Waals surface area contributed by atoms with Crippen LogP contribution in [0.5, 0.6) is 5.75 Å². The van der Waals surface area contributed by atoms with Crippen molar-refractivity contribution in [1.82, 2.24) is 14.4 Å². The van der Waals surface area contributed by atoms with E-state index in [1.807, 2.05) is 41.1 Å². The van der Waals surface area contributed by atoms with Crippen molar-refractivity contribution in [2.45, 2.75) is 13.3 Å². The Bertz CT molecular complexity index is 722. The fraction of sp³-hybridized carbons (Fsp3) is 0.200. The monoisotopic (exact) mass is 331 g/mol. The molecule has 4 nitrogen and oxygen atoms in total. The van der Waals surface area contributed by atoms with Crippen LogP contribution in [-0.4, -0.2) is 21.0 Å². The molecular formula is C15H14BrN3O.